The van der Waals surface area contributed by atoms with Crippen LogP contribution in [0.25, 0.3) is 0 Å². The van der Waals surface area contributed by atoms with Crippen LogP contribution in [-0.4, -0.2) is 23.9 Å². The van der Waals surface area contributed by atoms with Gasteiger partial charge in [0.25, 0.3) is 0 Å². The van der Waals surface area contributed by atoms with Crippen molar-refractivity contribution in [2.45, 2.75) is 63.3 Å². The number of fused-ring (bicyclic) bond motifs is 1. The molecule has 7 heteroatoms. The molecule has 0 bridgehead atoms. The zero-order valence-corrected chi connectivity index (χ0v) is 21.6. The summed E-state index contributed by atoms with van der Waals surface area (Å²) in [6, 6.07) is 7.93. The average molecular weight is 522 g/mol. The van der Waals surface area contributed by atoms with Crippen LogP contribution in [0.1, 0.15) is 63.4 Å². The van der Waals surface area contributed by atoms with E-state index in [0.29, 0.717) is 23.0 Å². The molecular formula is C27H31Cl3N2O2. The number of hydrogen-bond acceptors (Lipinski definition) is 2. The van der Waals surface area contributed by atoms with Gasteiger partial charge in [0.15, 0.2) is 0 Å². The van der Waals surface area contributed by atoms with Gasteiger partial charge < -0.3 is 10.6 Å². The maximum atomic E-state index is 13.4. The Bertz CT molecular complexity index is 1050. The number of nitrogens with one attached hydrogen (secondary N) is 2. The van der Waals surface area contributed by atoms with Gasteiger partial charge in [-0.2, -0.15) is 0 Å². The van der Waals surface area contributed by atoms with Crippen molar-refractivity contribution >= 4 is 46.6 Å². The summed E-state index contributed by atoms with van der Waals surface area (Å²) in [5.74, 6) is 0.103. The van der Waals surface area contributed by atoms with E-state index in [4.69, 9.17) is 34.8 Å². The standard InChI is InChI=1S/C27H31Cl3N2O2/c1-26(12-10-19(29)14-22(26)30)20-11-13-27(32-24(33)17-4-2-3-5-17)21(15-31-25(27)34)23(20)16-6-8-18(28)9-7-16/h6-10,14,17,20-21,23H,2-5,11-13,15H2,1H3,(H,31,34)(H,32,33)/t20-,21+,23+,26?,27+/m1/s1. The Kier molecular flexibility index (Phi) is 6.54. The molecule has 0 aromatic heterocycles. The molecule has 4 nitrogen and oxygen atoms in total. The Morgan fingerprint density at radius 3 is 2.44 bits per heavy atom. The van der Waals surface area contributed by atoms with Gasteiger partial charge in [0.05, 0.1) is 0 Å². The smallest absolute Gasteiger partial charge is 0.246 e. The monoisotopic (exact) mass is 520 g/mol. The summed E-state index contributed by atoms with van der Waals surface area (Å²) >= 11 is 19.4. The molecule has 1 saturated heterocycles. The summed E-state index contributed by atoms with van der Waals surface area (Å²) in [7, 11) is 0. The lowest BCUT2D eigenvalue weighted by atomic mass is 9.53. The summed E-state index contributed by atoms with van der Waals surface area (Å²) in [5, 5.41) is 8.49. The van der Waals surface area contributed by atoms with Gasteiger partial charge in [0, 0.05) is 38.9 Å². The Balaban J connectivity index is 1.55. The van der Waals surface area contributed by atoms with E-state index in [1.807, 2.05) is 24.3 Å². The fraction of sp³-hybridized carbons (Fsp3) is 0.556. The minimum Gasteiger partial charge on any atom is -0.354 e. The van der Waals surface area contributed by atoms with Crippen LogP contribution in [0, 0.1) is 23.2 Å². The number of halogens is 3. The minimum atomic E-state index is -0.894. The molecule has 0 radical (unpaired) electrons. The molecule has 5 atom stereocenters. The third-order valence-electron chi connectivity index (χ3n) is 8.91. The van der Waals surface area contributed by atoms with E-state index in [1.54, 1.807) is 0 Å². The fourth-order valence-electron chi connectivity index (χ4n) is 6.95. The first-order valence-corrected chi connectivity index (χ1v) is 13.5. The summed E-state index contributed by atoms with van der Waals surface area (Å²) in [6.45, 7) is 2.73. The zero-order valence-electron chi connectivity index (χ0n) is 19.4. The van der Waals surface area contributed by atoms with Gasteiger partial charge in [-0.25, -0.2) is 0 Å². The van der Waals surface area contributed by atoms with Crippen LogP contribution in [0.3, 0.4) is 0 Å². The zero-order chi connectivity index (χ0) is 24.1. The Hall–Kier alpha value is -1.49. The maximum Gasteiger partial charge on any atom is 0.246 e. The van der Waals surface area contributed by atoms with Gasteiger partial charge in [-0.15, -0.1) is 0 Å². The Morgan fingerprint density at radius 1 is 1.06 bits per heavy atom. The van der Waals surface area contributed by atoms with Crippen molar-refractivity contribution < 1.29 is 9.59 Å². The van der Waals surface area contributed by atoms with Crippen molar-refractivity contribution in [2.75, 3.05) is 6.54 Å². The van der Waals surface area contributed by atoms with Crippen LogP contribution in [-0.2, 0) is 9.59 Å². The lowest BCUT2D eigenvalue weighted by Crippen LogP contribution is -2.62. The van der Waals surface area contributed by atoms with Crippen LogP contribution in [0.2, 0.25) is 5.02 Å². The van der Waals surface area contributed by atoms with Crippen molar-refractivity contribution in [3.05, 3.63) is 57.1 Å². The molecule has 4 aliphatic rings. The first-order chi connectivity index (χ1) is 16.2. The molecule has 182 valence electrons. The summed E-state index contributed by atoms with van der Waals surface area (Å²) in [5.41, 5.74) is -0.0754. The van der Waals surface area contributed by atoms with Crippen molar-refractivity contribution in [2.24, 2.45) is 23.2 Å². The van der Waals surface area contributed by atoms with Gasteiger partial charge in [-0.3, -0.25) is 9.59 Å². The van der Waals surface area contributed by atoms with Crippen molar-refractivity contribution in [3.63, 3.8) is 0 Å². The number of carbonyl (C=O) groups excluding carboxylic acids is 2. The van der Waals surface area contributed by atoms with E-state index in [1.165, 1.54) is 0 Å². The highest BCUT2D eigenvalue weighted by molar-refractivity contribution is 6.35. The highest BCUT2D eigenvalue weighted by Crippen LogP contribution is 2.59. The molecule has 2 amide bonds. The molecule has 3 aliphatic carbocycles. The van der Waals surface area contributed by atoms with Gasteiger partial charge in [-0.05, 0) is 67.7 Å². The second-order valence-electron chi connectivity index (χ2n) is 10.7. The highest BCUT2D eigenvalue weighted by atomic mass is 35.5. The van der Waals surface area contributed by atoms with E-state index in [2.05, 4.69) is 29.7 Å². The Morgan fingerprint density at radius 2 is 1.76 bits per heavy atom. The van der Waals surface area contributed by atoms with E-state index >= 15 is 0 Å². The molecule has 34 heavy (non-hydrogen) atoms. The SMILES string of the molecule is CC1([C@@H]2CC[C@@]3(NC(=O)C4CCCC4)C(=O)NC[C@H]3[C@H]2c2ccc(Cl)cc2)CC=C(Cl)C=C1Cl. The molecule has 5 rings (SSSR count). The van der Waals surface area contributed by atoms with Gasteiger partial charge in [0.2, 0.25) is 11.8 Å². The lowest BCUT2D eigenvalue weighted by Gasteiger charge is -2.52. The second-order valence-corrected chi connectivity index (χ2v) is 12.0. The normalized spacial score (nSPS) is 35.9. The number of benzene rings is 1. The third kappa shape index (κ3) is 4.00. The highest BCUT2D eigenvalue weighted by Gasteiger charge is 2.61. The van der Waals surface area contributed by atoms with Gasteiger partial charge in [-0.1, -0.05) is 72.8 Å². The predicted molar refractivity (Wildman–Crippen MR) is 137 cm³/mol. The second kappa shape index (κ2) is 9.19. The number of allylic oxidation sites excluding steroid dienone is 4. The molecule has 1 heterocycles. The van der Waals surface area contributed by atoms with Gasteiger partial charge in [0.1, 0.15) is 5.54 Å². The molecule has 1 aromatic carbocycles. The molecule has 1 aromatic rings. The first kappa shape index (κ1) is 24.2. The third-order valence-corrected chi connectivity index (χ3v) is 9.97. The maximum absolute atomic E-state index is 13.4. The summed E-state index contributed by atoms with van der Waals surface area (Å²) < 4.78 is 0. The van der Waals surface area contributed by atoms with E-state index < -0.39 is 5.54 Å². The molecule has 1 aliphatic heterocycles. The molecular weight excluding hydrogens is 491 g/mol. The predicted octanol–water partition coefficient (Wildman–Crippen LogP) is 6.28. The summed E-state index contributed by atoms with van der Waals surface area (Å²) in [6.07, 6.45) is 9.98. The van der Waals surface area contributed by atoms with Crippen LogP contribution in [0.15, 0.2) is 46.5 Å². The van der Waals surface area contributed by atoms with Crippen molar-refractivity contribution in [1.29, 1.82) is 0 Å². The quantitative estimate of drug-likeness (QED) is 0.490. The number of rotatable bonds is 4. The number of amides is 2. The van der Waals surface area contributed by atoms with Crippen LogP contribution in [0.4, 0.5) is 0 Å². The van der Waals surface area contributed by atoms with E-state index in [9.17, 15) is 9.59 Å². The lowest BCUT2D eigenvalue weighted by molar-refractivity contribution is -0.136. The molecule has 2 saturated carbocycles. The van der Waals surface area contributed by atoms with E-state index in [0.717, 1.165) is 49.1 Å². The van der Waals surface area contributed by atoms with Crippen LogP contribution >= 0.6 is 34.8 Å². The molecule has 2 N–H and O–H groups in total. The van der Waals surface area contributed by atoms with Crippen LogP contribution in [0.5, 0.6) is 0 Å². The van der Waals surface area contributed by atoms with Crippen molar-refractivity contribution in [3.8, 4) is 0 Å². The van der Waals surface area contributed by atoms with Gasteiger partial charge >= 0.3 is 0 Å². The first-order valence-electron chi connectivity index (χ1n) is 12.3. The Labute approximate surface area is 216 Å². The number of carbonyl (C=O) groups is 2. The summed E-state index contributed by atoms with van der Waals surface area (Å²) in [4.78, 5) is 26.6. The molecule has 1 unspecified atom stereocenters. The minimum absolute atomic E-state index is 0.00986. The molecule has 3 fully saturated rings. The topological polar surface area (TPSA) is 58.2 Å². The van der Waals surface area contributed by atoms with Crippen molar-refractivity contribution in [1.82, 2.24) is 10.6 Å². The molecule has 0 spiro atoms. The fourth-order valence-corrected chi connectivity index (χ4v) is 7.65. The largest absolute Gasteiger partial charge is 0.354 e. The van der Waals surface area contributed by atoms with E-state index in [-0.39, 0.29) is 40.9 Å². The van der Waals surface area contributed by atoms with Crippen LogP contribution < -0.4 is 10.6 Å². The number of hydrogen-bond donors (Lipinski definition) is 2. The average Bonchev–Trinajstić information content (AvgIpc) is 3.46.